The van der Waals surface area contributed by atoms with E-state index in [2.05, 4.69) is 0 Å². The zero-order chi connectivity index (χ0) is 19.8. The zero-order valence-corrected chi connectivity index (χ0v) is 14.5. The maximum atomic E-state index is 13.2. The van der Waals surface area contributed by atoms with Crippen LogP contribution < -0.4 is 4.90 Å². The Kier molecular flexibility index (Phi) is 4.81. The van der Waals surface area contributed by atoms with Crippen molar-refractivity contribution in [3.8, 4) is 0 Å². The van der Waals surface area contributed by atoms with Crippen LogP contribution in [0.2, 0.25) is 0 Å². The molecule has 1 atom stereocenters. The molecule has 0 saturated heterocycles. The van der Waals surface area contributed by atoms with Crippen LogP contribution >= 0.6 is 0 Å². The molecule has 0 unspecified atom stereocenters. The number of hydrogen-bond acceptors (Lipinski definition) is 3. The normalized spacial score (nSPS) is 18.4. The van der Waals surface area contributed by atoms with Crippen LogP contribution in [0.1, 0.15) is 15.9 Å². The van der Waals surface area contributed by atoms with Crippen molar-refractivity contribution >= 4 is 21.4 Å². The summed E-state index contributed by atoms with van der Waals surface area (Å²) >= 11 is 0. The predicted molar refractivity (Wildman–Crippen MR) is 91.4 cm³/mol. The molecule has 2 aromatic carbocycles. The van der Waals surface area contributed by atoms with Crippen LogP contribution in [-0.4, -0.2) is 26.1 Å². The molecule has 2 aromatic rings. The van der Waals surface area contributed by atoms with Gasteiger partial charge in [-0.25, -0.2) is 12.8 Å². The highest BCUT2D eigenvalue weighted by Gasteiger charge is 2.34. The van der Waals surface area contributed by atoms with Crippen molar-refractivity contribution in [2.24, 2.45) is 0 Å². The first-order chi connectivity index (χ1) is 12.6. The molecule has 1 aliphatic rings. The Balaban J connectivity index is 2.04. The van der Waals surface area contributed by atoms with E-state index < -0.39 is 45.1 Å². The van der Waals surface area contributed by atoms with E-state index >= 15 is 0 Å². The molecule has 142 valence electrons. The van der Waals surface area contributed by atoms with E-state index in [-0.39, 0.29) is 11.3 Å². The molecule has 0 radical (unpaired) electrons. The zero-order valence-electron chi connectivity index (χ0n) is 13.7. The molecular weight excluding hydrogens is 386 g/mol. The Hall–Kier alpha value is -2.68. The smallest absolute Gasteiger partial charge is 0.300 e. The van der Waals surface area contributed by atoms with Gasteiger partial charge < -0.3 is 4.90 Å². The highest BCUT2D eigenvalue weighted by Crippen LogP contribution is 2.31. The summed E-state index contributed by atoms with van der Waals surface area (Å²) in [7, 11) is -3.53. The second kappa shape index (κ2) is 6.80. The van der Waals surface area contributed by atoms with Gasteiger partial charge in [-0.05, 0) is 48.5 Å². The number of nitrogens with zero attached hydrogens (tertiary/aromatic N) is 1. The minimum atomic E-state index is -4.63. The SMILES string of the molecule is O=C(c1cccc(C(F)(F)F)c1)N(c1ccc(F)cc1)[C@@H]1C=CS(=O)(=O)C1. The topological polar surface area (TPSA) is 54.5 Å². The molecule has 0 N–H and O–H groups in total. The second-order valence-electron chi connectivity index (χ2n) is 5.96. The van der Waals surface area contributed by atoms with Crippen molar-refractivity contribution in [1.82, 2.24) is 0 Å². The first kappa shape index (κ1) is 19.1. The van der Waals surface area contributed by atoms with Gasteiger partial charge in [0.25, 0.3) is 5.91 Å². The van der Waals surface area contributed by atoms with Gasteiger partial charge in [0.05, 0.1) is 17.4 Å². The lowest BCUT2D eigenvalue weighted by Crippen LogP contribution is -2.41. The molecule has 1 amide bonds. The van der Waals surface area contributed by atoms with E-state index in [1.807, 2.05) is 0 Å². The fourth-order valence-electron chi connectivity index (χ4n) is 2.75. The van der Waals surface area contributed by atoms with E-state index in [1.54, 1.807) is 0 Å². The van der Waals surface area contributed by atoms with Crippen LogP contribution in [0.5, 0.6) is 0 Å². The number of carbonyl (C=O) groups is 1. The summed E-state index contributed by atoms with van der Waals surface area (Å²) in [5.41, 5.74) is -1.08. The molecule has 0 saturated carbocycles. The van der Waals surface area contributed by atoms with E-state index in [0.29, 0.717) is 6.07 Å². The third-order valence-electron chi connectivity index (χ3n) is 4.00. The molecule has 9 heteroatoms. The Labute approximate surface area is 152 Å². The molecular formula is C18H13F4NO3S. The van der Waals surface area contributed by atoms with Gasteiger partial charge in [-0.15, -0.1) is 0 Å². The Morgan fingerprint density at radius 1 is 1.07 bits per heavy atom. The van der Waals surface area contributed by atoms with Crippen LogP contribution in [-0.2, 0) is 16.0 Å². The van der Waals surface area contributed by atoms with Gasteiger partial charge in [0.1, 0.15) is 5.82 Å². The van der Waals surface area contributed by atoms with E-state index in [4.69, 9.17) is 0 Å². The summed E-state index contributed by atoms with van der Waals surface area (Å²) in [6, 6.07) is 7.61. The van der Waals surface area contributed by atoms with Gasteiger partial charge in [-0.3, -0.25) is 4.79 Å². The molecule has 1 heterocycles. The number of halogens is 4. The number of carbonyl (C=O) groups excluding carboxylic acids is 1. The predicted octanol–water partition coefficient (Wildman–Crippen LogP) is 3.80. The average molecular weight is 399 g/mol. The first-order valence-electron chi connectivity index (χ1n) is 7.74. The lowest BCUT2D eigenvalue weighted by atomic mass is 10.1. The van der Waals surface area contributed by atoms with E-state index in [0.717, 1.165) is 34.6 Å². The number of rotatable bonds is 3. The van der Waals surface area contributed by atoms with Crippen LogP contribution in [0, 0.1) is 5.82 Å². The molecule has 0 aliphatic carbocycles. The van der Waals surface area contributed by atoms with Gasteiger partial charge >= 0.3 is 6.18 Å². The molecule has 0 fully saturated rings. The fourth-order valence-corrected chi connectivity index (χ4v) is 4.02. The van der Waals surface area contributed by atoms with Crippen molar-refractivity contribution in [1.29, 1.82) is 0 Å². The van der Waals surface area contributed by atoms with Gasteiger partial charge in [-0.1, -0.05) is 6.07 Å². The standard InChI is InChI=1S/C18H13F4NO3S/c19-14-4-6-15(7-5-14)23(16-8-9-27(25,26)11-16)17(24)12-2-1-3-13(10-12)18(20,21)22/h1-10,16H,11H2/t16-/m1/s1. The minimum absolute atomic E-state index is 0.172. The van der Waals surface area contributed by atoms with Gasteiger partial charge in [0.2, 0.25) is 0 Å². The second-order valence-corrected chi connectivity index (χ2v) is 7.89. The first-order valence-corrected chi connectivity index (χ1v) is 9.46. The number of amides is 1. The van der Waals surface area contributed by atoms with Crippen LogP contribution in [0.15, 0.2) is 60.0 Å². The van der Waals surface area contributed by atoms with Crippen molar-refractivity contribution in [2.45, 2.75) is 12.2 Å². The molecule has 27 heavy (non-hydrogen) atoms. The summed E-state index contributed by atoms with van der Waals surface area (Å²) in [5, 5.41) is 0.952. The largest absolute Gasteiger partial charge is 0.416 e. The van der Waals surface area contributed by atoms with Gasteiger partial charge in [0.15, 0.2) is 9.84 Å². The number of sulfone groups is 1. The third-order valence-corrected chi connectivity index (χ3v) is 5.38. The van der Waals surface area contributed by atoms with Crippen LogP contribution in [0.4, 0.5) is 23.2 Å². The number of hydrogen-bond donors (Lipinski definition) is 0. The summed E-state index contributed by atoms with van der Waals surface area (Å²) in [5.74, 6) is -1.80. The van der Waals surface area contributed by atoms with E-state index in [9.17, 15) is 30.8 Å². The maximum Gasteiger partial charge on any atom is 0.416 e. The van der Waals surface area contributed by atoms with Crippen molar-refractivity contribution in [3.05, 3.63) is 77.0 Å². The summed E-state index contributed by atoms with van der Waals surface area (Å²) in [4.78, 5) is 14.0. The quantitative estimate of drug-likeness (QED) is 0.738. The summed E-state index contributed by atoms with van der Waals surface area (Å²) in [6.07, 6.45) is -3.35. The average Bonchev–Trinajstić information content (AvgIpc) is 2.95. The highest BCUT2D eigenvalue weighted by atomic mass is 32.2. The molecule has 1 aliphatic heterocycles. The molecule has 3 rings (SSSR count). The van der Waals surface area contributed by atoms with Crippen molar-refractivity contribution in [3.63, 3.8) is 0 Å². The number of alkyl halides is 3. The van der Waals surface area contributed by atoms with E-state index in [1.165, 1.54) is 24.3 Å². The third kappa shape index (κ3) is 4.19. The van der Waals surface area contributed by atoms with Gasteiger partial charge in [0, 0.05) is 16.7 Å². The molecule has 0 bridgehead atoms. The molecule has 4 nitrogen and oxygen atoms in total. The Bertz CT molecular complexity index is 998. The lowest BCUT2D eigenvalue weighted by Gasteiger charge is -2.28. The van der Waals surface area contributed by atoms with Crippen molar-refractivity contribution < 1.29 is 30.8 Å². The monoisotopic (exact) mass is 399 g/mol. The maximum absolute atomic E-state index is 13.2. The summed E-state index contributed by atoms with van der Waals surface area (Å²) < 4.78 is 75.5. The highest BCUT2D eigenvalue weighted by molar-refractivity contribution is 7.94. The fraction of sp³-hybridized carbons (Fsp3) is 0.167. The minimum Gasteiger partial charge on any atom is -0.300 e. The lowest BCUT2D eigenvalue weighted by molar-refractivity contribution is -0.137. The number of benzene rings is 2. The Morgan fingerprint density at radius 2 is 1.74 bits per heavy atom. The number of anilines is 1. The Morgan fingerprint density at radius 3 is 2.30 bits per heavy atom. The van der Waals surface area contributed by atoms with Crippen molar-refractivity contribution in [2.75, 3.05) is 10.7 Å². The van der Waals surface area contributed by atoms with Gasteiger partial charge in [-0.2, -0.15) is 13.2 Å². The van der Waals surface area contributed by atoms with Crippen LogP contribution in [0.25, 0.3) is 0 Å². The van der Waals surface area contributed by atoms with Crippen LogP contribution in [0.3, 0.4) is 0 Å². The summed E-state index contributed by atoms with van der Waals surface area (Å²) in [6.45, 7) is 0. The molecule has 0 aromatic heterocycles. The molecule has 0 spiro atoms.